The molecule has 3 aromatic carbocycles. The fourth-order valence-corrected chi connectivity index (χ4v) is 3.91. The van der Waals surface area contributed by atoms with Gasteiger partial charge in [0.15, 0.2) is 6.61 Å². The van der Waals surface area contributed by atoms with Crippen molar-refractivity contribution in [2.24, 2.45) is 0 Å². The summed E-state index contributed by atoms with van der Waals surface area (Å²) in [6.45, 7) is 5.68. The minimum atomic E-state index is -0.769. The summed E-state index contributed by atoms with van der Waals surface area (Å²) in [6, 6.07) is 23.2. The largest absolute Gasteiger partial charge is 0.497 e. The first kappa shape index (κ1) is 27.1. The topological polar surface area (TPSA) is 67.9 Å². The van der Waals surface area contributed by atoms with Crippen LogP contribution < -0.4 is 14.8 Å². The third-order valence-corrected chi connectivity index (χ3v) is 5.86. The molecule has 0 radical (unpaired) electrons. The zero-order chi connectivity index (χ0) is 26.1. The van der Waals surface area contributed by atoms with Crippen LogP contribution in [-0.4, -0.2) is 42.0 Å². The van der Waals surface area contributed by atoms with Gasteiger partial charge >= 0.3 is 0 Å². The van der Waals surface area contributed by atoms with Gasteiger partial charge in [-0.2, -0.15) is 0 Å². The minimum Gasteiger partial charge on any atom is -0.497 e. The molecule has 1 N–H and O–H groups in total. The summed E-state index contributed by atoms with van der Waals surface area (Å²) in [7, 11) is 1.58. The molecule has 0 bridgehead atoms. The number of amides is 2. The minimum absolute atomic E-state index is 0.166. The van der Waals surface area contributed by atoms with Crippen molar-refractivity contribution in [1.82, 2.24) is 10.2 Å². The Morgan fingerprint density at radius 3 is 2.14 bits per heavy atom. The molecule has 3 rings (SSSR count). The van der Waals surface area contributed by atoms with Gasteiger partial charge in [0.05, 0.1) is 7.11 Å². The van der Waals surface area contributed by atoms with Crippen molar-refractivity contribution < 1.29 is 19.1 Å². The fourth-order valence-electron chi connectivity index (χ4n) is 3.72. The van der Waals surface area contributed by atoms with Gasteiger partial charge < -0.3 is 19.7 Å². The van der Waals surface area contributed by atoms with E-state index in [1.54, 1.807) is 42.3 Å². The van der Waals surface area contributed by atoms with Crippen molar-refractivity contribution >= 4 is 23.4 Å². The Balaban J connectivity index is 1.92. The highest BCUT2D eigenvalue weighted by molar-refractivity contribution is 6.31. The van der Waals surface area contributed by atoms with Crippen LogP contribution in [0.15, 0.2) is 78.9 Å². The highest BCUT2D eigenvalue weighted by atomic mass is 35.5. The maximum atomic E-state index is 13.6. The predicted molar refractivity (Wildman–Crippen MR) is 142 cm³/mol. The number of methoxy groups -OCH3 is 1. The van der Waals surface area contributed by atoms with Crippen LogP contribution in [0, 0.1) is 0 Å². The van der Waals surface area contributed by atoms with E-state index in [2.05, 4.69) is 5.32 Å². The van der Waals surface area contributed by atoms with E-state index in [9.17, 15) is 9.59 Å². The van der Waals surface area contributed by atoms with Crippen molar-refractivity contribution in [3.63, 3.8) is 0 Å². The van der Waals surface area contributed by atoms with Crippen LogP contribution in [-0.2, 0) is 22.6 Å². The highest BCUT2D eigenvalue weighted by Crippen LogP contribution is 2.22. The maximum Gasteiger partial charge on any atom is 0.261 e. The molecule has 0 spiro atoms. The molecular formula is C29H33ClN2O4. The average molecular weight is 509 g/mol. The number of hydrogen-bond donors (Lipinski definition) is 1. The second-order valence-corrected chi connectivity index (χ2v) is 9.93. The summed E-state index contributed by atoms with van der Waals surface area (Å²) in [5, 5.41) is 3.57. The van der Waals surface area contributed by atoms with Gasteiger partial charge in [-0.15, -0.1) is 0 Å². The number of rotatable bonds is 10. The third kappa shape index (κ3) is 8.02. The molecule has 0 unspecified atom stereocenters. The molecular weight excluding hydrogens is 476 g/mol. The number of carbonyl (C=O) groups excluding carboxylic acids is 2. The highest BCUT2D eigenvalue weighted by Gasteiger charge is 2.32. The Labute approximate surface area is 218 Å². The molecule has 7 heteroatoms. The third-order valence-electron chi connectivity index (χ3n) is 5.49. The van der Waals surface area contributed by atoms with Crippen LogP contribution in [0.1, 0.15) is 31.9 Å². The van der Waals surface area contributed by atoms with Gasteiger partial charge in [-0.3, -0.25) is 9.59 Å². The van der Waals surface area contributed by atoms with E-state index in [4.69, 9.17) is 21.1 Å². The second kappa shape index (κ2) is 12.5. The number of benzene rings is 3. The molecule has 36 heavy (non-hydrogen) atoms. The SMILES string of the molecule is COc1ccc(OCC(=O)N(Cc2ccccc2Cl)[C@@H](Cc2ccccc2)C(=O)NC(C)(C)C)cc1. The summed E-state index contributed by atoms with van der Waals surface area (Å²) in [5.74, 6) is 0.656. The van der Waals surface area contributed by atoms with Gasteiger partial charge in [0.25, 0.3) is 5.91 Å². The summed E-state index contributed by atoms with van der Waals surface area (Å²) in [4.78, 5) is 28.7. The zero-order valence-electron chi connectivity index (χ0n) is 21.2. The van der Waals surface area contributed by atoms with Gasteiger partial charge in [0, 0.05) is 23.5 Å². The molecule has 3 aromatic rings. The zero-order valence-corrected chi connectivity index (χ0v) is 21.9. The van der Waals surface area contributed by atoms with Gasteiger partial charge in [0.1, 0.15) is 17.5 Å². The first-order valence-electron chi connectivity index (χ1n) is 11.8. The Hall–Kier alpha value is -3.51. The number of nitrogens with one attached hydrogen (secondary N) is 1. The van der Waals surface area contributed by atoms with Crippen LogP contribution in [0.2, 0.25) is 5.02 Å². The first-order chi connectivity index (χ1) is 17.2. The molecule has 2 amide bonds. The molecule has 0 fully saturated rings. The summed E-state index contributed by atoms with van der Waals surface area (Å²) in [6.07, 6.45) is 0.349. The van der Waals surface area contributed by atoms with E-state index in [0.717, 1.165) is 11.1 Å². The average Bonchev–Trinajstić information content (AvgIpc) is 2.85. The number of nitrogens with zero attached hydrogens (tertiary/aromatic N) is 1. The lowest BCUT2D eigenvalue weighted by Gasteiger charge is -2.34. The van der Waals surface area contributed by atoms with Crippen LogP contribution in [0.4, 0.5) is 0 Å². The summed E-state index contributed by atoms with van der Waals surface area (Å²) in [5.41, 5.74) is 1.23. The van der Waals surface area contributed by atoms with Crippen molar-refractivity contribution in [1.29, 1.82) is 0 Å². The van der Waals surface area contributed by atoms with Gasteiger partial charge in [-0.25, -0.2) is 0 Å². The van der Waals surface area contributed by atoms with E-state index in [0.29, 0.717) is 22.9 Å². The van der Waals surface area contributed by atoms with E-state index in [1.165, 1.54) is 0 Å². The number of ether oxygens (including phenoxy) is 2. The van der Waals surface area contributed by atoms with Crippen LogP contribution in [0.3, 0.4) is 0 Å². The maximum absolute atomic E-state index is 13.6. The van der Waals surface area contributed by atoms with Crippen LogP contribution in [0.25, 0.3) is 0 Å². The van der Waals surface area contributed by atoms with Crippen LogP contribution in [0.5, 0.6) is 11.5 Å². The van der Waals surface area contributed by atoms with Crippen molar-refractivity contribution in [3.8, 4) is 11.5 Å². The molecule has 0 saturated carbocycles. The van der Waals surface area contributed by atoms with Crippen molar-refractivity contribution in [3.05, 3.63) is 95.0 Å². The number of hydrogen-bond acceptors (Lipinski definition) is 4. The number of halogens is 1. The fraction of sp³-hybridized carbons (Fsp3) is 0.310. The normalized spacial score (nSPS) is 11.9. The molecule has 1 atom stereocenters. The predicted octanol–water partition coefficient (Wildman–Crippen LogP) is 5.28. The molecule has 0 aromatic heterocycles. The smallest absolute Gasteiger partial charge is 0.261 e. The molecule has 0 heterocycles. The molecule has 0 aliphatic rings. The van der Waals surface area contributed by atoms with Gasteiger partial charge in [-0.1, -0.05) is 60.1 Å². The molecule has 0 aliphatic heterocycles. The lowest BCUT2D eigenvalue weighted by atomic mass is 10.0. The Bertz CT molecular complexity index is 1140. The lowest BCUT2D eigenvalue weighted by Crippen LogP contribution is -2.55. The lowest BCUT2D eigenvalue weighted by molar-refractivity contribution is -0.143. The van der Waals surface area contributed by atoms with Gasteiger partial charge in [-0.05, 0) is 62.2 Å². The standard InChI is InChI=1S/C29H33ClN2O4/c1-29(2,3)31-28(34)26(18-21-10-6-5-7-11-21)32(19-22-12-8-9-13-25(22)30)27(33)20-36-24-16-14-23(35-4)15-17-24/h5-17,26H,18-20H2,1-4H3,(H,31,34)/t26-/m0/s1. The summed E-state index contributed by atoms with van der Waals surface area (Å²) < 4.78 is 11.0. The first-order valence-corrected chi connectivity index (χ1v) is 12.2. The molecule has 0 saturated heterocycles. The van der Waals surface area contributed by atoms with E-state index in [1.807, 2.05) is 69.3 Å². The van der Waals surface area contributed by atoms with E-state index in [-0.39, 0.29) is 25.0 Å². The van der Waals surface area contributed by atoms with Gasteiger partial charge in [0.2, 0.25) is 5.91 Å². The molecule has 6 nitrogen and oxygen atoms in total. The quantitative estimate of drug-likeness (QED) is 0.404. The van der Waals surface area contributed by atoms with E-state index >= 15 is 0 Å². The Kier molecular flexibility index (Phi) is 9.37. The molecule has 190 valence electrons. The molecule has 0 aliphatic carbocycles. The number of carbonyl (C=O) groups is 2. The second-order valence-electron chi connectivity index (χ2n) is 9.52. The Morgan fingerprint density at radius 2 is 1.53 bits per heavy atom. The van der Waals surface area contributed by atoms with Crippen LogP contribution >= 0.6 is 11.6 Å². The summed E-state index contributed by atoms with van der Waals surface area (Å²) >= 11 is 6.44. The Morgan fingerprint density at radius 1 is 0.917 bits per heavy atom. The van der Waals surface area contributed by atoms with E-state index < -0.39 is 11.6 Å². The monoisotopic (exact) mass is 508 g/mol. The van der Waals surface area contributed by atoms with Crippen molar-refractivity contribution in [2.75, 3.05) is 13.7 Å². The van der Waals surface area contributed by atoms with Crippen molar-refractivity contribution in [2.45, 2.75) is 45.3 Å².